The molecule has 0 aliphatic rings. The van der Waals surface area contributed by atoms with Gasteiger partial charge in [-0.2, -0.15) is 0 Å². The monoisotopic (exact) mass is 298 g/mol. The molecule has 0 saturated heterocycles. The number of carbonyl (C=O) groups is 1. The van der Waals surface area contributed by atoms with Crippen molar-refractivity contribution in [3.63, 3.8) is 0 Å². The first kappa shape index (κ1) is 13.7. The van der Waals surface area contributed by atoms with Crippen LogP contribution in [0.2, 0.25) is 5.02 Å². The van der Waals surface area contributed by atoms with E-state index in [2.05, 4.69) is 4.98 Å². The molecule has 0 fully saturated rings. The summed E-state index contributed by atoms with van der Waals surface area (Å²) in [6, 6.07) is 15.2. The van der Waals surface area contributed by atoms with Gasteiger partial charge < -0.3 is 9.88 Å². The third kappa shape index (κ3) is 2.65. The van der Waals surface area contributed by atoms with Gasteiger partial charge >= 0.3 is 0 Å². The number of hydrogen-bond donors (Lipinski definition) is 1. The van der Waals surface area contributed by atoms with Crippen molar-refractivity contribution in [3.8, 4) is 0 Å². The van der Waals surface area contributed by atoms with Gasteiger partial charge in [-0.15, -0.1) is 0 Å². The number of hydrogen-bond acceptors (Lipinski definition) is 1. The van der Waals surface area contributed by atoms with E-state index in [0.29, 0.717) is 17.1 Å². The van der Waals surface area contributed by atoms with E-state index in [4.69, 9.17) is 11.6 Å². The lowest BCUT2D eigenvalue weighted by Crippen LogP contribution is -2.26. The molecule has 0 radical (unpaired) electrons. The van der Waals surface area contributed by atoms with Gasteiger partial charge in [-0.3, -0.25) is 4.79 Å². The zero-order valence-corrected chi connectivity index (χ0v) is 12.4. The highest BCUT2D eigenvalue weighted by Crippen LogP contribution is 2.21. The fraction of sp³-hybridized carbons (Fsp3) is 0.118. The lowest BCUT2D eigenvalue weighted by atomic mass is 10.1. The predicted octanol–water partition coefficient (Wildman–Crippen LogP) is 4.09. The molecule has 0 bridgehead atoms. The van der Waals surface area contributed by atoms with Crippen molar-refractivity contribution in [2.45, 2.75) is 6.54 Å². The minimum absolute atomic E-state index is 0.0250. The van der Waals surface area contributed by atoms with Gasteiger partial charge in [0.15, 0.2) is 0 Å². The molecule has 2 aromatic carbocycles. The molecule has 3 aromatic rings. The van der Waals surface area contributed by atoms with Crippen molar-refractivity contribution >= 4 is 28.4 Å². The molecule has 1 heterocycles. The summed E-state index contributed by atoms with van der Waals surface area (Å²) in [7, 11) is 1.79. The van der Waals surface area contributed by atoms with Crippen LogP contribution in [0, 0.1) is 0 Å². The second-order valence-electron chi connectivity index (χ2n) is 5.00. The molecule has 0 atom stereocenters. The number of aromatic amines is 1. The van der Waals surface area contributed by atoms with Gasteiger partial charge in [-0.1, -0.05) is 41.9 Å². The average molecular weight is 299 g/mol. The van der Waals surface area contributed by atoms with E-state index in [1.165, 1.54) is 0 Å². The molecule has 1 aromatic heterocycles. The van der Waals surface area contributed by atoms with Crippen molar-refractivity contribution < 1.29 is 4.79 Å². The third-order valence-corrected chi connectivity index (χ3v) is 3.90. The Morgan fingerprint density at radius 2 is 1.95 bits per heavy atom. The van der Waals surface area contributed by atoms with Gasteiger partial charge in [0.05, 0.1) is 11.1 Å². The number of amides is 1. The summed E-state index contributed by atoms with van der Waals surface area (Å²) < 4.78 is 0. The number of carbonyl (C=O) groups excluding carboxylic acids is 1. The molecule has 3 nitrogen and oxygen atoms in total. The molecular formula is C17H15ClN2O. The van der Waals surface area contributed by atoms with Crippen molar-refractivity contribution in [2.24, 2.45) is 0 Å². The zero-order chi connectivity index (χ0) is 14.8. The van der Waals surface area contributed by atoms with Crippen LogP contribution in [0.4, 0.5) is 0 Å². The van der Waals surface area contributed by atoms with Crippen molar-refractivity contribution in [1.82, 2.24) is 9.88 Å². The van der Waals surface area contributed by atoms with Gasteiger partial charge in [-0.25, -0.2) is 0 Å². The van der Waals surface area contributed by atoms with Gasteiger partial charge in [-0.05, 0) is 23.8 Å². The van der Waals surface area contributed by atoms with Gasteiger partial charge in [0.2, 0.25) is 0 Å². The van der Waals surface area contributed by atoms with Crippen molar-refractivity contribution in [3.05, 3.63) is 70.9 Å². The number of H-pyrrole nitrogens is 1. The Labute approximate surface area is 128 Å². The van der Waals surface area contributed by atoms with Crippen LogP contribution in [0.5, 0.6) is 0 Å². The van der Waals surface area contributed by atoms with Crippen LogP contribution in [0.25, 0.3) is 10.9 Å². The highest BCUT2D eigenvalue weighted by atomic mass is 35.5. The standard InChI is InChI=1S/C17H15ClN2O/c1-20(11-13-5-2-3-8-15(13)18)17(21)14-7-4-6-12-9-10-19-16(12)14/h2-10,19H,11H2,1H3. The van der Waals surface area contributed by atoms with Crippen molar-refractivity contribution in [1.29, 1.82) is 0 Å². The molecule has 1 N–H and O–H groups in total. The Kier molecular flexibility index (Phi) is 3.67. The van der Waals surface area contributed by atoms with Crippen LogP contribution < -0.4 is 0 Å². The highest BCUT2D eigenvalue weighted by molar-refractivity contribution is 6.31. The number of para-hydroxylation sites is 1. The molecule has 4 heteroatoms. The molecule has 0 unspecified atom stereocenters. The fourth-order valence-electron chi connectivity index (χ4n) is 2.42. The number of aromatic nitrogens is 1. The first-order valence-corrected chi connectivity index (χ1v) is 7.09. The average Bonchev–Trinajstić information content (AvgIpc) is 2.97. The Hall–Kier alpha value is -2.26. The summed E-state index contributed by atoms with van der Waals surface area (Å²) in [4.78, 5) is 17.4. The SMILES string of the molecule is CN(Cc1ccccc1Cl)C(=O)c1cccc2cc[nH]c12. The second kappa shape index (κ2) is 5.62. The largest absolute Gasteiger partial charge is 0.361 e. The topological polar surface area (TPSA) is 36.1 Å². The zero-order valence-electron chi connectivity index (χ0n) is 11.6. The Morgan fingerprint density at radius 1 is 1.14 bits per heavy atom. The third-order valence-electron chi connectivity index (χ3n) is 3.53. The summed E-state index contributed by atoms with van der Waals surface area (Å²) in [5, 5.41) is 1.71. The van der Waals surface area contributed by atoms with E-state index in [1.807, 2.05) is 54.7 Å². The molecule has 1 amide bonds. The minimum atomic E-state index is -0.0250. The van der Waals surface area contributed by atoms with Crippen LogP contribution in [0.1, 0.15) is 15.9 Å². The van der Waals surface area contributed by atoms with E-state index in [0.717, 1.165) is 16.5 Å². The lowest BCUT2D eigenvalue weighted by molar-refractivity contribution is 0.0787. The summed E-state index contributed by atoms with van der Waals surface area (Å²) in [6.45, 7) is 0.482. The molecule has 0 aliphatic heterocycles. The number of nitrogens with one attached hydrogen (secondary N) is 1. The van der Waals surface area contributed by atoms with Crippen LogP contribution >= 0.6 is 11.6 Å². The number of halogens is 1. The van der Waals surface area contributed by atoms with E-state index in [1.54, 1.807) is 11.9 Å². The summed E-state index contributed by atoms with van der Waals surface area (Å²) in [6.07, 6.45) is 1.84. The molecule has 3 rings (SSSR count). The van der Waals surface area contributed by atoms with E-state index in [-0.39, 0.29) is 5.91 Å². The first-order valence-electron chi connectivity index (χ1n) is 6.72. The fourth-order valence-corrected chi connectivity index (χ4v) is 2.62. The Balaban J connectivity index is 1.88. The number of fused-ring (bicyclic) bond motifs is 1. The summed E-state index contributed by atoms with van der Waals surface area (Å²) in [5.74, 6) is -0.0250. The molecular weight excluding hydrogens is 284 g/mol. The maximum absolute atomic E-state index is 12.6. The maximum Gasteiger partial charge on any atom is 0.256 e. The smallest absolute Gasteiger partial charge is 0.256 e. The maximum atomic E-state index is 12.6. The highest BCUT2D eigenvalue weighted by Gasteiger charge is 2.16. The normalized spacial score (nSPS) is 10.8. The van der Waals surface area contributed by atoms with Gasteiger partial charge in [0.1, 0.15) is 0 Å². The molecule has 21 heavy (non-hydrogen) atoms. The second-order valence-corrected chi connectivity index (χ2v) is 5.41. The molecule has 106 valence electrons. The van der Waals surface area contributed by atoms with Crippen LogP contribution in [-0.4, -0.2) is 22.8 Å². The predicted molar refractivity (Wildman–Crippen MR) is 85.5 cm³/mol. The summed E-state index contributed by atoms with van der Waals surface area (Å²) >= 11 is 6.15. The molecule has 0 spiro atoms. The van der Waals surface area contributed by atoms with Gasteiger partial charge in [0, 0.05) is 30.2 Å². The number of rotatable bonds is 3. The first-order chi connectivity index (χ1) is 10.2. The Morgan fingerprint density at radius 3 is 2.76 bits per heavy atom. The van der Waals surface area contributed by atoms with E-state index >= 15 is 0 Å². The van der Waals surface area contributed by atoms with Crippen LogP contribution in [0.15, 0.2) is 54.7 Å². The molecule has 0 saturated carbocycles. The van der Waals surface area contributed by atoms with E-state index in [9.17, 15) is 4.79 Å². The number of nitrogens with zero attached hydrogens (tertiary/aromatic N) is 1. The molecule has 0 aliphatic carbocycles. The Bertz CT molecular complexity index is 794. The van der Waals surface area contributed by atoms with E-state index < -0.39 is 0 Å². The van der Waals surface area contributed by atoms with Crippen LogP contribution in [-0.2, 0) is 6.54 Å². The van der Waals surface area contributed by atoms with Crippen LogP contribution in [0.3, 0.4) is 0 Å². The number of benzene rings is 2. The summed E-state index contributed by atoms with van der Waals surface area (Å²) in [5.41, 5.74) is 2.48. The quantitative estimate of drug-likeness (QED) is 0.776. The minimum Gasteiger partial charge on any atom is -0.361 e. The van der Waals surface area contributed by atoms with Gasteiger partial charge in [0.25, 0.3) is 5.91 Å². The lowest BCUT2D eigenvalue weighted by Gasteiger charge is -2.18. The van der Waals surface area contributed by atoms with Crippen molar-refractivity contribution in [2.75, 3.05) is 7.05 Å².